The Kier molecular flexibility index (Phi) is 4.77. The smallest absolute Gasteiger partial charge is 0.256 e. The second-order valence-electron chi connectivity index (χ2n) is 7.26. The maximum atomic E-state index is 12.9. The van der Waals surface area contributed by atoms with Crippen LogP contribution in [0.5, 0.6) is 0 Å². The quantitative estimate of drug-likeness (QED) is 0.391. The van der Waals surface area contributed by atoms with Gasteiger partial charge in [-0.2, -0.15) is 0 Å². The van der Waals surface area contributed by atoms with Gasteiger partial charge in [0.2, 0.25) is 5.71 Å². The van der Waals surface area contributed by atoms with E-state index in [4.69, 9.17) is 4.42 Å². The third-order valence-corrected chi connectivity index (χ3v) is 5.13. The molecule has 0 saturated carbocycles. The third kappa shape index (κ3) is 3.57. The molecule has 0 radical (unpaired) electrons. The maximum Gasteiger partial charge on any atom is 0.256 e. The third-order valence-electron chi connectivity index (χ3n) is 5.13. The first-order valence-electron chi connectivity index (χ1n) is 9.97. The number of nitrogens with one attached hydrogen (secondary N) is 1. The lowest BCUT2D eigenvalue weighted by atomic mass is 9.99. The zero-order valence-electron chi connectivity index (χ0n) is 16.9. The summed E-state index contributed by atoms with van der Waals surface area (Å²) in [6.07, 6.45) is 1.40. The number of carbonyl (C=O) groups excluding carboxylic acids is 1. The van der Waals surface area contributed by atoms with Gasteiger partial charge in [-0.15, -0.1) is 0 Å². The second kappa shape index (κ2) is 7.88. The van der Waals surface area contributed by atoms with Crippen LogP contribution in [0.3, 0.4) is 0 Å². The van der Waals surface area contributed by atoms with Crippen molar-refractivity contribution in [2.24, 2.45) is 0 Å². The van der Waals surface area contributed by atoms with Crippen molar-refractivity contribution in [2.75, 3.05) is 5.32 Å². The van der Waals surface area contributed by atoms with Crippen LogP contribution in [0.15, 0.2) is 95.7 Å². The van der Waals surface area contributed by atoms with Crippen LogP contribution < -0.4 is 5.32 Å². The summed E-state index contributed by atoms with van der Waals surface area (Å²) in [5.74, 6) is 0.870. The Morgan fingerprint density at radius 1 is 0.806 bits per heavy atom. The number of fused-ring (bicyclic) bond motifs is 1. The molecule has 5 rings (SSSR count). The normalized spacial score (nSPS) is 10.9. The highest BCUT2D eigenvalue weighted by atomic mass is 16.3. The van der Waals surface area contributed by atoms with Gasteiger partial charge in [0.1, 0.15) is 17.9 Å². The van der Waals surface area contributed by atoms with Crippen LogP contribution in [-0.4, -0.2) is 15.9 Å². The molecule has 0 aliphatic carbocycles. The molecule has 0 unspecified atom stereocenters. The Hall–Kier alpha value is -4.25. The standard InChI is InChI=1S/C26H19N3O2/c1-17-12-14-20(15-13-17)25(30)29-24-22-21(18-8-4-2-5-9-18)23(19-10-6-3-7-11-19)31-26(22)28-16-27-24/h2-16H,1H3,(H,27,28,29,30). The molecule has 0 bridgehead atoms. The van der Waals surface area contributed by atoms with E-state index in [0.29, 0.717) is 28.2 Å². The number of hydrogen-bond donors (Lipinski definition) is 1. The number of amides is 1. The molecular formula is C26H19N3O2. The number of carbonyl (C=O) groups is 1. The summed E-state index contributed by atoms with van der Waals surface area (Å²) >= 11 is 0. The molecule has 2 heterocycles. The SMILES string of the molecule is Cc1ccc(C(=O)Nc2ncnc3oc(-c4ccccc4)c(-c4ccccc4)c23)cc1. The minimum absolute atomic E-state index is 0.235. The molecule has 3 aromatic carbocycles. The van der Waals surface area contributed by atoms with Crippen molar-refractivity contribution in [1.29, 1.82) is 0 Å². The maximum absolute atomic E-state index is 12.9. The molecule has 0 aliphatic heterocycles. The molecule has 5 heteroatoms. The van der Waals surface area contributed by atoms with E-state index >= 15 is 0 Å². The van der Waals surface area contributed by atoms with Crippen molar-refractivity contribution in [1.82, 2.24) is 9.97 Å². The Labute approximate surface area is 179 Å². The van der Waals surface area contributed by atoms with Gasteiger partial charge in [0.05, 0.1) is 5.39 Å². The lowest BCUT2D eigenvalue weighted by Gasteiger charge is -2.08. The molecule has 1 N–H and O–H groups in total. The zero-order chi connectivity index (χ0) is 21.2. The van der Waals surface area contributed by atoms with E-state index in [-0.39, 0.29) is 5.91 Å². The van der Waals surface area contributed by atoms with Crippen LogP contribution in [-0.2, 0) is 0 Å². The van der Waals surface area contributed by atoms with Crippen LogP contribution in [0, 0.1) is 6.92 Å². The number of aromatic nitrogens is 2. The summed E-state index contributed by atoms with van der Waals surface area (Å²) in [5, 5.41) is 3.62. The van der Waals surface area contributed by atoms with Gasteiger partial charge in [-0.1, -0.05) is 78.4 Å². The van der Waals surface area contributed by atoms with E-state index < -0.39 is 0 Å². The number of rotatable bonds is 4. The van der Waals surface area contributed by atoms with Crippen LogP contribution >= 0.6 is 0 Å². The van der Waals surface area contributed by atoms with Crippen LogP contribution in [0.4, 0.5) is 5.82 Å². The number of benzene rings is 3. The topological polar surface area (TPSA) is 68.0 Å². The summed E-state index contributed by atoms with van der Waals surface area (Å²) in [4.78, 5) is 21.6. The summed E-state index contributed by atoms with van der Waals surface area (Å²) in [5.41, 5.74) is 4.81. The summed E-state index contributed by atoms with van der Waals surface area (Å²) in [7, 11) is 0. The number of anilines is 1. The molecule has 2 aromatic heterocycles. The molecular weight excluding hydrogens is 386 g/mol. The van der Waals surface area contributed by atoms with E-state index in [1.807, 2.05) is 79.7 Å². The van der Waals surface area contributed by atoms with E-state index in [2.05, 4.69) is 15.3 Å². The van der Waals surface area contributed by atoms with Crippen molar-refractivity contribution in [3.63, 3.8) is 0 Å². The predicted octanol–water partition coefficient (Wildman–Crippen LogP) is 6.12. The van der Waals surface area contributed by atoms with Crippen molar-refractivity contribution in [3.05, 3.63) is 102 Å². The van der Waals surface area contributed by atoms with Gasteiger partial charge in [0, 0.05) is 16.7 Å². The lowest BCUT2D eigenvalue weighted by molar-refractivity contribution is 0.102. The van der Waals surface area contributed by atoms with Crippen LogP contribution in [0.1, 0.15) is 15.9 Å². The molecule has 0 atom stereocenters. The fourth-order valence-electron chi connectivity index (χ4n) is 3.59. The van der Waals surface area contributed by atoms with Gasteiger partial charge in [-0.25, -0.2) is 9.97 Å². The van der Waals surface area contributed by atoms with E-state index in [1.165, 1.54) is 6.33 Å². The van der Waals surface area contributed by atoms with Gasteiger partial charge in [0.15, 0.2) is 0 Å². The zero-order valence-corrected chi connectivity index (χ0v) is 16.9. The van der Waals surface area contributed by atoms with Gasteiger partial charge < -0.3 is 9.73 Å². The highest BCUT2D eigenvalue weighted by Crippen LogP contribution is 2.42. The number of furan rings is 1. The Balaban J connectivity index is 1.69. The summed E-state index contributed by atoms with van der Waals surface area (Å²) in [6, 6.07) is 27.2. The number of hydrogen-bond acceptors (Lipinski definition) is 4. The van der Waals surface area contributed by atoms with E-state index in [9.17, 15) is 4.79 Å². The Morgan fingerprint density at radius 2 is 1.45 bits per heavy atom. The lowest BCUT2D eigenvalue weighted by Crippen LogP contribution is -2.13. The first-order valence-corrected chi connectivity index (χ1v) is 9.97. The minimum atomic E-state index is -0.235. The molecule has 0 fully saturated rings. The van der Waals surface area contributed by atoms with E-state index in [0.717, 1.165) is 22.3 Å². The Morgan fingerprint density at radius 3 is 2.13 bits per heavy atom. The van der Waals surface area contributed by atoms with Gasteiger partial charge in [-0.3, -0.25) is 4.79 Å². The van der Waals surface area contributed by atoms with Gasteiger partial charge >= 0.3 is 0 Å². The molecule has 5 aromatic rings. The summed E-state index contributed by atoms with van der Waals surface area (Å²) < 4.78 is 6.18. The average Bonchev–Trinajstić information content (AvgIpc) is 3.21. The molecule has 1 amide bonds. The van der Waals surface area contributed by atoms with Gasteiger partial charge in [-0.05, 0) is 24.6 Å². The van der Waals surface area contributed by atoms with Crippen LogP contribution in [0.25, 0.3) is 33.6 Å². The van der Waals surface area contributed by atoms with E-state index in [1.54, 1.807) is 12.1 Å². The fourth-order valence-corrected chi connectivity index (χ4v) is 3.59. The highest BCUT2D eigenvalue weighted by Gasteiger charge is 2.23. The largest absolute Gasteiger partial charge is 0.437 e. The van der Waals surface area contributed by atoms with Crippen molar-refractivity contribution in [2.45, 2.75) is 6.92 Å². The van der Waals surface area contributed by atoms with Crippen molar-refractivity contribution < 1.29 is 9.21 Å². The van der Waals surface area contributed by atoms with Crippen molar-refractivity contribution >= 4 is 22.8 Å². The summed E-state index contributed by atoms with van der Waals surface area (Å²) in [6.45, 7) is 1.98. The van der Waals surface area contributed by atoms with Crippen molar-refractivity contribution in [3.8, 4) is 22.5 Å². The first kappa shape index (κ1) is 18.8. The average molecular weight is 405 g/mol. The molecule has 150 valence electrons. The highest BCUT2D eigenvalue weighted by molar-refractivity contribution is 6.12. The molecule has 0 saturated heterocycles. The molecule has 5 nitrogen and oxygen atoms in total. The second-order valence-corrected chi connectivity index (χ2v) is 7.26. The minimum Gasteiger partial charge on any atom is -0.437 e. The fraction of sp³-hybridized carbons (Fsp3) is 0.0385. The predicted molar refractivity (Wildman–Crippen MR) is 122 cm³/mol. The molecule has 0 aliphatic rings. The molecule has 31 heavy (non-hydrogen) atoms. The monoisotopic (exact) mass is 405 g/mol. The van der Waals surface area contributed by atoms with Gasteiger partial charge in [0.25, 0.3) is 5.91 Å². The Bertz CT molecular complexity index is 1360. The molecule has 0 spiro atoms. The number of aryl methyl sites for hydroxylation is 1. The van der Waals surface area contributed by atoms with Crippen LogP contribution in [0.2, 0.25) is 0 Å². The first-order chi connectivity index (χ1) is 15.2. The number of nitrogens with zero attached hydrogens (tertiary/aromatic N) is 2.